The molecule has 0 aliphatic carbocycles. The smallest absolute Gasteiger partial charge is 0.410 e. The van der Waals surface area contributed by atoms with E-state index in [0.29, 0.717) is 24.1 Å². The van der Waals surface area contributed by atoms with Crippen LogP contribution in [-0.4, -0.2) is 55.3 Å². The number of nitrogens with two attached hydrogens (primary N) is 1. The molecule has 26 heavy (non-hydrogen) atoms. The third kappa shape index (κ3) is 3.42. The van der Waals surface area contributed by atoms with Crippen molar-refractivity contribution in [1.29, 1.82) is 0 Å². The number of anilines is 1. The van der Waals surface area contributed by atoms with Crippen LogP contribution >= 0.6 is 0 Å². The van der Waals surface area contributed by atoms with E-state index in [4.69, 9.17) is 10.5 Å². The molecule has 140 valence electrons. The maximum absolute atomic E-state index is 12.4. The van der Waals surface area contributed by atoms with Crippen molar-refractivity contribution >= 4 is 28.9 Å². The average molecular weight is 361 g/mol. The fraction of sp³-hybridized carbons (Fsp3) is 0.529. The van der Waals surface area contributed by atoms with E-state index < -0.39 is 11.6 Å². The number of carbonyl (C=O) groups is 2. The lowest BCUT2D eigenvalue weighted by molar-refractivity contribution is 0.0174. The summed E-state index contributed by atoms with van der Waals surface area (Å²) < 4.78 is 7.23. The van der Waals surface area contributed by atoms with Crippen molar-refractivity contribution in [3.63, 3.8) is 0 Å². The average Bonchev–Trinajstić information content (AvgIpc) is 2.95. The van der Waals surface area contributed by atoms with Crippen LogP contribution < -0.4 is 5.73 Å². The van der Waals surface area contributed by atoms with Crippen LogP contribution in [0.4, 0.5) is 10.6 Å². The number of likely N-dealkylation sites (tertiary alicyclic amines) is 1. The summed E-state index contributed by atoms with van der Waals surface area (Å²) in [4.78, 5) is 33.7. The predicted molar refractivity (Wildman–Crippen MR) is 95.0 cm³/mol. The Bertz CT molecular complexity index is 855. The lowest BCUT2D eigenvalue weighted by Gasteiger charge is -2.34. The summed E-state index contributed by atoms with van der Waals surface area (Å²) in [7, 11) is 0. The molecule has 1 aliphatic rings. The number of carbonyl (C=O) groups excluding carboxylic acids is 1. The Morgan fingerprint density at radius 3 is 2.73 bits per heavy atom. The molecule has 9 nitrogen and oxygen atoms in total. The van der Waals surface area contributed by atoms with Crippen LogP contribution in [-0.2, 0) is 4.74 Å². The van der Waals surface area contributed by atoms with Crippen LogP contribution in [0.25, 0.3) is 11.0 Å². The van der Waals surface area contributed by atoms with Gasteiger partial charge in [-0.15, -0.1) is 0 Å². The minimum atomic E-state index is -1.09. The first-order chi connectivity index (χ1) is 12.2. The zero-order valence-electron chi connectivity index (χ0n) is 15.1. The van der Waals surface area contributed by atoms with Crippen molar-refractivity contribution in [2.24, 2.45) is 0 Å². The molecule has 1 saturated heterocycles. The van der Waals surface area contributed by atoms with Gasteiger partial charge >= 0.3 is 12.1 Å². The lowest BCUT2D eigenvalue weighted by atomic mass is 10.1. The molecule has 9 heteroatoms. The van der Waals surface area contributed by atoms with E-state index in [0.717, 1.165) is 12.8 Å². The molecule has 0 saturated carbocycles. The van der Waals surface area contributed by atoms with E-state index in [1.807, 2.05) is 20.8 Å². The summed E-state index contributed by atoms with van der Waals surface area (Å²) in [6, 6.07) is -0.110. The number of carboxylic acids is 1. The number of piperidine rings is 1. The van der Waals surface area contributed by atoms with Crippen molar-refractivity contribution in [2.45, 2.75) is 45.3 Å². The summed E-state index contributed by atoms with van der Waals surface area (Å²) >= 11 is 0. The Kier molecular flexibility index (Phi) is 4.47. The molecule has 2 aromatic heterocycles. The number of carboxylic acid groups (broad SMARTS) is 1. The van der Waals surface area contributed by atoms with Crippen LogP contribution in [0.3, 0.4) is 0 Å². The largest absolute Gasteiger partial charge is 0.478 e. The number of nitrogen functional groups attached to an aromatic ring is 1. The summed E-state index contributed by atoms with van der Waals surface area (Å²) in [5.41, 5.74) is 5.83. The first kappa shape index (κ1) is 18.0. The fourth-order valence-corrected chi connectivity index (χ4v) is 3.22. The number of hydrogen-bond donors (Lipinski definition) is 2. The molecule has 3 N–H and O–H groups in total. The van der Waals surface area contributed by atoms with Gasteiger partial charge in [0.25, 0.3) is 0 Å². The van der Waals surface area contributed by atoms with Gasteiger partial charge in [0.15, 0.2) is 0 Å². The normalized spacial score (nSPS) is 18.1. The van der Waals surface area contributed by atoms with Crippen LogP contribution in [0.5, 0.6) is 0 Å². The highest BCUT2D eigenvalue weighted by Gasteiger charge is 2.30. The third-order valence-electron chi connectivity index (χ3n) is 4.31. The van der Waals surface area contributed by atoms with Crippen LogP contribution in [0.1, 0.15) is 50.0 Å². The summed E-state index contributed by atoms with van der Waals surface area (Å²) in [5, 5.41) is 9.81. The number of nitrogens with zero attached hydrogens (tertiary/aromatic N) is 4. The monoisotopic (exact) mass is 361 g/mol. The van der Waals surface area contributed by atoms with Gasteiger partial charge in [-0.05, 0) is 33.6 Å². The molecule has 3 heterocycles. The molecule has 0 aromatic carbocycles. The standard InChI is InChI=1S/C17H23N5O4/c1-17(2,3)26-16(25)21-6-4-5-10(7-21)22-8-11(15(23)24)12-13(18)19-9-20-14(12)22/h8-10H,4-7H2,1-3H3,(H,23,24)(H2,18,19,20). The number of hydrogen-bond acceptors (Lipinski definition) is 6. The van der Waals surface area contributed by atoms with Crippen molar-refractivity contribution in [3.8, 4) is 0 Å². The molecule has 0 radical (unpaired) electrons. The van der Waals surface area contributed by atoms with Crippen molar-refractivity contribution in [3.05, 3.63) is 18.1 Å². The maximum atomic E-state index is 12.4. The summed E-state index contributed by atoms with van der Waals surface area (Å²) in [6.45, 7) is 6.50. The maximum Gasteiger partial charge on any atom is 0.410 e. The van der Waals surface area contributed by atoms with Crippen LogP contribution in [0, 0.1) is 0 Å². The number of amides is 1. The van der Waals surface area contributed by atoms with Crippen molar-refractivity contribution in [1.82, 2.24) is 19.4 Å². The number of ether oxygens (including phenoxy) is 1. The first-order valence-electron chi connectivity index (χ1n) is 8.49. The Balaban J connectivity index is 1.93. The Labute approximate surface area is 150 Å². The number of rotatable bonds is 2. The fourth-order valence-electron chi connectivity index (χ4n) is 3.22. The van der Waals surface area contributed by atoms with Gasteiger partial charge in [0.05, 0.1) is 17.0 Å². The second kappa shape index (κ2) is 6.47. The molecule has 0 bridgehead atoms. The summed E-state index contributed by atoms with van der Waals surface area (Å²) in [6.07, 6.45) is 4.06. The number of aromatic carboxylic acids is 1. The highest BCUT2D eigenvalue weighted by Crippen LogP contribution is 2.31. The highest BCUT2D eigenvalue weighted by molar-refractivity contribution is 6.06. The second-order valence-electron chi connectivity index (χ2n) is 7.44. The van der Waals surface area contributed by atoms with E-state index in [1.165, 1.54) is 12.5 Å². The molecular formula is C17H23N5O4. The van der Waals surface area contributed by atoms with Gasteiger partial charge in [-0.3, -0.25) is 0 Å². The van der Waals surface area contributed by atoms with E-state index in [9.17, 15) is 14.7 Å². The minimum absolute atomic E-state index is 0.0625. The number of aromatic nitrogens is 3. The van der Waals surface area contributed by atoms with Gasteiger partial charge in [-0.25, -0.2) is 19.6 Å². The van der Waals surface area contributed by atoms with Gasteiger partial charge in [0.1, 0.15) is 23.4 Å². The molecule has 1 atom stereocenters. The summed E-state index contributed by atoms with van der Waals surface area (Å²) in [5.74, 6) is -0.957. The van der Waals surface area contributed by atoms with Crippen LogP contribution in [0.2, 0.25) is 0 Å². The quantitative estimate of drug-likeness (QED) is 0.841. The van der Waals surface area contributed by atoms with E-state index >= 15 is 0 Å². The first-order valence-corrected chi connectivity index (χ1v) is 8.49. The van der Waals surface area contributed by atoms with E-state index in [2.05, 4.69) is 9.97 Å². The predicted octanol–water partition coefficient (Wildman–Crippen LogP) is 2.28. The second-order valence-corrected chi connectivity index (χ2v) is 7.44. The highest BCUT2D eigenvalue weighted by atomic mass is 16.6. The third-order valence-corrected chi connectivity index (χ3v) is 4.31. The molecular weight excluding hydrogens is 338 g/mol. The van der Waals surface area contributed by atoms with Gasteiger partial charge in [0, 0.05) is 19.3 Å². The van der Waals surface area contributed by atoms with Gasteiger partial charge in [-0.1, -0.05) is 0 Å². The van der Waals surface area contributed by atoms with Gasteiger partial charge < -0.3 is 25.0 Å². The Morgan fingerprint density at radius 1 is 1.35 bits per heavy atom. The Morgan fingerprint density at radius 2 is 2.08 bits per heavy atom. The lowest BCUT2D eigenvalue weighted by Crippen LogP contribution is -2.43. The SMILES string of the molecule is CC(C)(C)OC(=O)N1CCCC(n2cc(C(=O)O)c3c(N)ncnc32)C1. The van der Waals surface area contributed by atoms with Gasteiger partial charge in [-0.2, -0.15) is 0 Å². The molecule has 3 rings (SSSR count). The zero-order valence-corrected chi connectivity index (χ0v) is 15.1. The van der Waals surface area contributed by atoms with Gasteiger partial charge in [0.2, 0.25) is 0 Å². The molecule has 1 fully saturated rings. The topological polar surface area (TPSA) is 124 Å². The molecule has 0 spiro atoms. The number of fused-ring (bicyclic) bond motifs is 1. The van der Waals surface area contributed by atoms with Crippen molar-refractivity contribution < 1.29 is 19.4 Å². The zero-order chi connectivity index (χ0) is 19.1. The molecule has 1 amide bonds. The molecule has 1 unspecified atom stereocenters. The molecule has 1 aliphatic heterocycles. The van der Waals surface area contributed by atoms with Crippen LogP contribution in [0.15, 0.2) is 12.5 Å². The molecule has 2 aromatic rings. The minimum Gasteiger partial charge on any atom is -0.478 e. The van der Waals surface area contributed by atoms with Crippen molar-refractivity contribution in [2.75, 3.05) is 18.8 Å². The van der Waals surface area contributed by atoms with E-state index in [-0.39, 0.29) is 23.5 Å². The van der Waals surface area contributed by atoms with E-state index in [1.54, 1.807) is 9.47 Å². The Hall–Kier alpha value is -2.84.